The highest BCUT2D eigenvalue weighted by Crippen LogP contribution is 2.32. The summed E-state index contributed by atoms with van der Waals surface area (Å²) < 4.78 is 33.3. The van der Waals surface area contributed by atoms with Gasteiger partial charge in [0.1, 0.15) is 11.5 Å². The van der Waals surface area contributed by atoms with Crippen molar-refractivity contribution in [3.8, 4) is 11.5 Å². The van der Waals surface area contributed by atoms with Crippen molar-refractivity contribution < 1.29 is 22.7 Å². The zero-order chi connectivity index (χ0) is 18.7. The van der Waals surface area contributed by atoms with E-state index >= 15 is 0 Å². The highest BCUT2D eigenvalue weighted by atomic mass is 32.2. The minimum atomic E-state index is -3.52. The molecule has 142 valence electrons. The van der Waals surface area contributed by atoms with Gasteiger partial charge in [0.2, 0.25) is 10.0 Å². The van der Waals surface area contributed by atoms with Gasteiger partial charge < -0.3 is 14.3 Å². The molecule has 0 saturated carbocycles. The number of quaternary nitrogens is 1. The lowest BCUT2D eigenvalue weighted by Gasteiger charge is -2.41. The number of hydrogen-bond donors (Lipinski definition) is 2. The molecule has 0 bridgehead atoms. The molecule has 0 unspecified atom stereocenters. The zero-order valence-electron chi connectivity index (χ0n) is 15.6. The van der Waals surface area contributed by atoms with Crippen LogP contribution in [0.1, 0.15) is 12.0 Å². The standard InChI is InChI=1S/C17H29N3O4S/c1-14-12-16(21)15(13-17(14)24-4)18-25(22,23)11-5-8-20(3)9-6-19(2)7-10-20/h12-13,18H,5-11H2,1-4H3/p+1. The fourth-order valence-corrected chi connectivity index (χ4v) is 4.21. The second-order valence-corrected chi connectivity index (χ2v) is 9.05. The van der Waals surface area contributed by atoms with Gasteiger partial charge in [-0.1, -0.05) is 0 Å². The van der Waals surface area contributed by atoms with Crippen molar-refractivity contribution in [3.05, 3.63) is 17.7 Å². The third-order valence-corrected chi connectivity index (χ3v) is 6.29. The van der Waals surface area contributed by atoms with E-state index in [2.05, 4.69) is 23.7 Å². The summed E-state index contributed by atoms with van der Waals surface area (Å²) in [6.45, 7) is 6.78. The van der Waals surface area contributed by atoms with E-state index in [-0.39, 0.29) is 17.2 Å². The Hall–Kier alpha value is -1.51. The molecule has 8 heteroatoms. The number of nitrogens with one attached hydrogen (secondary N) is 1. The fourth-order valence-electron chi connectivity index (χ4n) is 3.10. The first-order valence-corrected chi connectivity index (χ1v) is 10.2. The largest absolute Gasteiger partial charge is 0.506 e. The molecule has 1 fully saturated rings. The van der Waals surface area contributed by atoms with Crippen molar-refractivity contribution in [3.63, 3.8) is 0 Å². The van der Waals surface area contributed by atoms with Crippen LogP contribution in [0, 0.1) is 6.92 Å². The molecule has 0 radical (unpaired) electrons. The molecule has 7 nitrogen and oxygen atoms in total. The summed E-state index contributed by atoms with van der Waals surface area (Å²) in [4.78, 5) is 2.30. The molecule has 2 rings (SSSR count). The van der Waals surface area contributed by atoms with E-state index in [1.54, 1.807) is 6.92 Å². The summed E-state index contributed by atoms with van der Waals surface area (Å²) in [7, 11) is 2.29. The number of nitrogens with zero attached hydrogens (tertiary/aromatic N) is 2. The number of methoxy groups -OCH3 is 1. The Morgan fingerprint density at radius 3 is 2.56 bits per heavy atom. The number of anilines is 1. The topological polar surface area (TPSA) is 78.9 Å². The monoisotopic (exact) mass is 372 g/mol. The first-order valence-electron chi connectivity index (χ1n) is 8.54. The molecule has 0 aliphatic carbocycles. The van der Waals surface area contributed by atoms with E-state index in [0.29, 0.717) is 12.2 Å². The number of piperazine rings is 1. The van der Waals surface area contributed by atoms with Gasteiger partial charge in [0.25, 0.3) is 0 Å². The highest BCUT2D eigenvalue weighted by molar-refractivity contribution is 7.92. The lowest BCUT2D eigenvalue weighted by molar-refractivity contribution is -0.913. The number of aromatic hydroxyl groups is 1. The predicted molar refractivity (Wildman–Crippen MR) is 99.7 cm³/mol. The number of phenolic OH excluding ortho intramolecular Hbond substituents is 1. The summed E-state index contributed by atoms with van der Waals surface area (Å²) in [5.41, 5.74) is 0.901. The van der Waals surface area contributed by atoms with Crippen LogP contribution in [0.15, 0.2) is 12.1 Å². The Morgan fingerprint density at radius 2 is 1.96 bits per heavy atom. The smallest absolute Gasteiger partial charge is 0.233 e. The average Bonchev–Trinajstić information content (AvgIpc) is 2.53. The van der Waals surface area contributed by atoms with Gasteiger partial charge in [-0.3, -0.25) is 9.62 Å². The van der Waals surface area contributed by atoms with E-state index in [0.717, 1.165) is 42.8 Å². The molecule has 1 aliphatic rings. The molecular weight excluding hydrogens is 342 g/mol. The number of aryl methyl sites for hydroxylation is 1. The molecule has 0 spiro atoms. The van der Waals surface area contributed by atoms with Gasteiger partial charge in [0, 0.05) is 25.6 Å². The Balaban J connectivity index is 1.94. The van der Waals surface area contributed by atoms with Crippen molar-refractivity contribution in [1.82, 2.24) is 4.90 Å². The number of rotatable bonds is 7. The molecule has 0 atom stereocenters. The van der Waals surface area contributed by atoms with Crippen LogP contribution in [0.5, 0.6) is 11.5 Å². The van der Waals surface area contributed by atoms with E-state index in [1.165, 1.54) is 19.2 Å². The predicted octanol–water partition coefficient (Wildman–Crippen LogP) is 1.23. The lowest BCUT2D eigenvalue weighted by Crippen LogP contribution is -2.56. The fraction of sp³-hybridized carbons (Fsp3) is 0.647. The SMILES string of the molecule is COc1cc(NS(=O)(=O)CCC[N+]2(C)CCN(C)CC2)c(O)cc1C. The lowest BCUT2D eigenvalue weighted by atomic mass is 10.2. The summed E-state index contributed by atoms with van der Waals surface area (Å²) in [5, 5.41) is 9.98. The molecule has 1 aromatic carbocycles. The van der Waals surface area contributed by atoms with Crippen LogP contribution in [-0.2, 0) is 10.0 Å². The van der Waals surface area contributed by atoms with Crippen LogP contribution in [0.3, 0.4) is 0 Å². The number of benzene rings is 1. The number of hydrogen-bond acceptors (Lipinski definition) is 5. The van der Waals surface area contributed by atoms with E-state index in [4.69, 9.17) is 4.74 Å². The van der Waals surface area contributed by atoms with Crippen LogP contribution in [-0.4, -0.2) is 82.6 Å². The van der Waals surface area contributed by atoms with Crippen LogP contribution in [0.4, 0.5) is 5.69 Å². The van der Waals surface area contributed by atoms with E-state index in [1.807, 2.05) is 0 Å². The third kappa shape index (κ3) is 5.49. The molecule has 25 heavy (non-hydrogen) atoms. The Kier molecular flexibility index (Phi) is 6.18. The molecular formula is C17H30N3O4S+. The second-order valence-electron chi connectivity index (χ2n) is 7.21. The van der Waals surface area contributed by atoms with Crippen LogP contribution < -0.4 is 9.46 Å². The van der Waals surface area contributed by atoms with Crippen molar-refractivity contribution >= 4 is 15.7 Å². The molecule has 2 N–H and O–H groups in total. The zero-order valence-corrected chi connectivity index (χ0v) is 16.4. The van der Waals surface area contributed by atoms with Crippen molar-refractivity contribution in [2.24, 2.45) is 0 Å². The molecule has 1 heterocycles. The maximum absolute atomic E-state index is 12.4. The van der Waals surface area contributed by atoms with Crippen LogP contribution >= 0.6 is 0 Å². The first-order chi connectivity index (χ1) is 11.6. The van der Waals surface area contributed by atoms with Crippen molar-refractivity contribution in [1.29, 1.82) is 0 Å². The Morgan fingerprint density at radius 1 is 1.32 bits per heavy atom. The van der Waals surface area contributed by atoms with Gasteiger partial charge in [-0.15, -0.1) is 0 Å². The maximum atomic E-state index is 12.4. The van der Waals surface area contributed by atoms with Crippen LogP contribution in [0.25, 0.3) is 0 Å². The van der Waals surface area contributed by atoms with Gasteiger partial charge in [0.15, 0.2) is 0 Å². The molecule has 1 aromatic rings. The molecule has 0 amide bonds. The van der Waals surface area contributed by atoms with Gasteiger partial charge in [-0.05, 0) is 25.6 Å². The van der Waals surface area contributed by atoms with Crippen molar-refractivity contribution in [2.75, 3.05) is 64.4 Å². The molecule has 1 saturated heterocycles. The highest BCUT2D eigenvalue weighted by Gasteiger charge is 2.27. The van der Waals surface area contributed by atoms with E-state index < -0.39 is 10.0 Å². The quantitative estimate of drug-likeness (QED) is 0.556. The van der Waals surface area contributed by atoms with Crippen LogP contribution in [0.2, 0.25) is 0 Å². The molecule has 0 aromatic heterocycles. The third-order valence-electron chi connectivity index (χ3n) is 4.93. The Labute approximate surface area is 150 Å². The number of phenols is 1. The van der Waals surface area contributed by atoms with Gasteiger partial charge >= 0.3 is 0 Å². The second kappa shape index (κ2) is 7.80. The minimum absolute atomic E-state index is 0.0340. The normalized spacial score (nSPS) is 18.1. The van der Waals surface area contributed by atoms with Gasteiger partial charge in [-0.25, -0.2) is 8.42 Å². The van der Waals surface area contributed by atoms with Crippen molar-refractivity contribution in [2.45, 2.75) is 13.3 Å². The van der Waals surface area contributed by atoms with Gasteiger partial charge in [-0.2, -0.15) is 0 Å². The Bertz CT molecular complexity index is 698. The van der Waals surface area contributed by atoms with Gasteiger partial charge in [0.05, 0.1) is 45.2 Å². The number of ether oxygens (including phenoxy) is 1. The summed E-state index contributed by atoms with van der Waals surface area (Å²) in [5.74, 6) is 0.470. The van der Waals surface area contributed by atoms with E-state index in [9.17, 15) is 13.5 Å². The first kappa shape index (κ1) is 19.8. The summed E-state index contributed by atoms with van der Waals surface area (Å²) >= 11 is 0. The molecule has 1 aliphatic heterocycles. The number of sulfonamides is 1. The summed E-state index contributed by atoms with van der Waals surface area (Å²) in [6, 6.07) is 3.00. The minimum Gasteiger partial charge on any atom is -0.506 e. The summed E-state index contributed by atoms with van der Waals surface area (Å²) in [6.07, 6.45) is 0.583. The average molecular weight is 373 g/mol. The maximum Gasteiger partial charge on any atom is 0.233 e. The number of likely N-dealkylation sites (N-methyl/N-ethyl adjacent to an activating group) is 2.